The van der Waals surface area contributed by atoms with Gasteiger partial charge in [0.05, 0.1) is 0 Å². The fraction of sp³-hybridized carbons (Fsp3) is 0.224. The van der Waals surface area contributed by atoms with E-state index in [4.69, 9.17) is 9.72 Å². The van der Waals surface area contributed by atoms with Gasteiger partial charge in [0, 0.05) is 61.1 Å². The number of rotatable bonds is 7. The molecule has 5 aromatic carbocycles. The van der Waals surface area contributed by atoms with Crippen LogP contribution in [0.2, 0.25) is 0 Å². The van der Waals surface area contributed by atoms with Crippen LogP contribution < -0.4 is 14.5 Å². The zero-order valence-electron chi connectivity index (χ0n) is 32.8. The van der Waals surface area contributed by atoms with Gasteiger partial charge in [-0.1, -0.05) is 122 Å². The van der Waals surface area contributed by atoms with Crippen LogP contribution in [0.4, 0.5) is 11.4 Å². The third-order valence-corrected chi connectivity index (χ3v) is 10.5. The number of anilines is 2. The van der Waals surface area contributed by atoms with Gasteiger partial charge in [0.2, 0.25) is 0 Å². The first-order valence-corrected chi connectivity index (χ1v) is 18.7. The Labute approximate surface area is 340 Å². The zero-order chi connectivity index (χ0) is 37.8. The summed E-state index contributed by atoms with van der Waals surface area (Å²) in [6.07, 6.45) is 4.12. The number of ether oxygens (including phenoxy) is 1. The molecule has 0 unspecified atom stereocenters. The van der Waals surface area contributed by atoms with Crippen molar-refractivity contribution in [3.05, 3.63) is 175 Å². The SMILES string of the molecule is CC(C)(C)c1cccc(N2[CH-]N(c3[c-]c(Oc4[c-]c5c(cc4)c4ccccc4n5-c4cc(C(C)(C)C)ccn4)ccc3)C=C2C(C)(C)c2ccccc2)c1.[Pt]. The number of para-hydroxylation sites is 1. The van der Waals surface area contributed by atoms with Crippen LogP contribution in [0.1, 0.15) is 72.1 Å². The van der Waals surface area contributed by atoms with E-state index in [1.54, 1.807) is 0 Å². The topological polar surface area (TPSA) is 33.5 Å². The second kappa shape index (κ2) is 14.5. The van der Waals surface area contributed by atoms with E-state index in [1.165, 1.54) is 16.7 Å². The van der Waals surface area contributed by atoms with Gasteiger partial charge < -0.3 is 19.1 Å². The molecule has 2 aromatic heterocycles. The zero-order valence-corrected chi connectivity index (χ0v) is 35.1. The normalized spacial score (nSPS) is 13.6. The standard InChI is InChI=1S/C49H47N4O.Pt/c1-47(2,3)35-18-14-20-38(28-35)52-33-51(32-45(52)49(7,8)34-16-10-9-11-17-34)37-19-15-21-39(30-37)54-40-24-25-42-41-22-12-13-23-43(41)53(44(42)31-40)46-29-36(26-27-50-46)48(4,5)6;/h9-29,32-33H,1-8H3;/q-3;. The first-order chi connectivity index (χ1) is 25.8. The van der Waals surface area contributed by atoms with Gasteiger partial charge in [-0.3, -0.25) is 0 Å². The molecule has 55 heavy (non-hydrogen) atoms. The number of benzene rings is 5. The summed E-state index contributed by atoms with van der Waals surface area (Å²) >= 11 is 0. The summed E-state index contributed by atoms with van der Waals surface area (Å²) < 4.78 is 8.75. The molecule has 282 valence electrons. The molecule has 6 heteroatoms. The summed E-state index contributed by atoms with van der Waals surface area (Å²) in [5.74, 6) is 2.08. The molecule has 0 spiro atoms. The fourth-order valence-electron chi connectivity index (χ4n) is 7.28. The minimum Gasteiger partial charge on any atom is -0.509 e. The van der Waals surface area contributed by atoms with Gasteiger partial charge in [-0.25, -0.2) is 4.98 Å². The summed E-state index contributed by atoms with van der Waals surface area (Å²) in [6, 6.07) is 49.6. The maximum Gasteiger partial charge on any atom is 0.135 e. The molecule has 0 fully saturated rings. The van der Waals surface area contributed by atoms with E-state index in [9.17, 15) is 0 Å². The Morgan fingerprint density at radius 1 is 0.618 bits per heavy atom. The van der Waals surface area contributed by atoms with E-state index in [-0.39, 0.29) is 37.3 Å². The third-order valence-electron chi connectivity index (χ3n) is 10.5. The van der Waals surface area contributed by atoms with Crippen molar-refractivity contribution in [2.24, 2.45) is 0 Å². The van der Waals surface area contributed by atoms with Gasteiger partial charge in [-0.2, -0.15) is 12.1 Å². The number of hydrogen-bond acceptors (Lipinski definition) is 4. The number of fused-ring (bicyclic) bond motifs is 3. The number of nitrogens with zero attached hydrogens (tertiary/aromatic N) is 4. The summed E-state index contributed by atoms with van der Waals surface area (Å²) in [7, 11) is 0. The quantitative estimate of drug-likeness (QED) is 0.149. The van der Waals surface area contributed by atoms with E-state index in [0.717, 1.165) is 44.7 Å². The van der Waals surface area contributed by atoms with Crippen LogP contribution in [0.3, 0.4) is 0 Å². The van der Waals surface area contributed by atoms with Crippen molar-refractivity contribution in [1.82, 2.24) is 9.55 Å². The van der Waals surface area contributed by atoms with Crippen molar-refractivity contribution >= 4 is 33.2 Å². The maximum absolute atomic E-state index is 6.56. The van der Waals surface area contributed by atoms with E-state index in [2.05, 4.69) is 198 Å². The largest absolute Gasteiger partial charge is 0.509 e. The molecule has 0 atom stereocenters. The van der Waals surface area contributed by atoms with Crippen LogP contribution in [0.15, 0.2) is 139 Å². The maximum atomic E-state index is 6.56. The molecular formula is C49H47N4OPt-3. The van der Waals surface area contributed by atoms with Gasteiger partial charge in [0.15, 0.2) is 0 Å². The first-order valence-electron chi connectivity index (χ1n) is 18.7. The average Bonchev–Trinajstić information content (AvgIpc) is 3.76. The monoisotopic (exact) mass is 902 g/mol. The molecular weight excluding hydrogens is 856 g/mol. The van der Waals surface area contributed by atoms with Crippen molar-refractivity contribution in [3.8, 4) is 17.3 Å². The van der Waals surface area contributed by atoms with Gasteiger partial charge in [-0.05, 0) is 69.4 Å². The van der Waals surface area contributed by atoms with Gasteiger partial charge >= 0.3 is 0 Å². The Balaban J connectivity index is 0.00000465. The second-order valence-electron chi connectivity index (χ2n) is 16.8. The van der Waals surface area contributed by atoms with Crippen LogP contribution in [-0.4, -0.2) is 9.55 Å². The molecule has 3 heterocycles. The predicted molar refractivity (Wildman–Crippen MR) is 223 cm³/mol. The van der Waals surface area contributed by atoms with Crippen molar-refractivity contribution in [1.29, 1.82) is 0 Å². The van der Waals surface area contributed by atoms with E-state index in [1.807, 2.05) is 24.4 Å². The first kappa shape index (κ1) is 38.2. The summed E-state index contributed by atoms with van der Waals surface area (Å²) in [5.41, 5.74) is 8.63. The van der Waals surface area contributed by atoms with Crippen LogP contribution >= 0.6 is 0 Å². The van der Waals surface area contributed by atoms with Gasteiger partial charge in [0.1, 0.15) is 5.82 Å². The molecule has 8 rings (SSSR count). The van der Waals surface area contributed by atoms with Crippen LogP contribution in [0.25, 0.3) is 27.6 Å². The molecule has 7 aromatic rings. The fourth-order valence-corrected chi connectivity index (χ4v) is 7.28. The van der Waals surface area contributed by atoms with Crippen LogP contribution in [-0.2, 0) is 37.3 Å². The smallest absolute Gasteiger partial charge is 0.135 e. The van der Waals surface area contributed by atoms with E-state index < -0.39 is 0 Å². The number of hydrogen-bond donors (Lipinski definition) is 0. The Kier molecular flexibility index (Phi) is 10.1. The van der Waals surface area contributed by atoms with E-state index >= 15 is 0 Å². The number of allylic oxidation sites excluding steroid dienone is 1. The summed E-state index contributed by atoms with van der Waals surface area (Å²) in [6.45, 7) is 20.2. The minimum absolute atomic E-state index is 0. The molecule has 0 saturated carbocycles. The molecule has 1 aliphatic heterocycles. The minimum atomic E-state index is -0.289. The number of pyridine rings is 1. The molecule has 0 aliphatic carbocycles. The van der Waals surface area contributed by atoms with Crippen molar-refractivity contribution in [3.63, 3.8) is 0 Å². The average molecular weight is 903 g/mol. The molecule has 0 radical (unpaired) electrons. The molecule has 0 N–H and O–H groups in total. The summed E-state index contributed by atoms with van der Waals surface area (Å²) in [4.78, 5) is 9.29. The second-order valence-corrected chi connectivity index (χ2v) is 16.8. The van der Waals surface area contributed by atoms with Crippen molar-refractivity contribution in [2.75, 3.05) is 9.80 Å². The predicted octanol–water partition coefficient (Wildman–Crippen LogP) is 12.4. The van der Waals surface area contributed by atoms with Crippen LogP contribution in [0, 0.1) is 18.8 Å². The third kappa shape index (κ3) is 7.35. The van der Waals surface area contributed by atoms with E-state index in [0.29, 0.717) is 11.5 Å². The Hall–Kier alpha value is -5.12. The summed E-state index contributed by atoms with van der Waals surface area (Å²) in [5, 5.41) is 2.25. The Morgan fingerprint density at radius 3 is 2.05 bits per heavy atom. The van der Waals surface area contributed by atoms with Gasteiger partial charge in [0.25, 0.3) is 0 Å². The Bertz CT molecular complexity index is 2520. The van der Waals surface area contributed by atoms with Crippen LogP contribution in [0.5, 0.6) is 11.5 Å². The Morgan fingerprint density at radius 2 is 1.29 bits per heavy atom. The van der Waals surface area contributed by atoms with Crippen molar-refractivity contribution < 1.29 is 25.8 Å². The number of aromatic nitrogens is 2. The molecule has 5 nitrogen and oxygen atoms in total. The molecule has 0 bridgehead atoms. The molecule has 1 aliphatic rings. The van der Waals surface area contributed by atoms with Crippen molar-refractivity contribution in [2.45, 2.75) is 71.6 Å². The molecule has 0 amide bonds. The molecule has 0 saturated heterocycles. The van der Waals surface area contributed by atoms with Gasteiger partial charge in [-0.15, -0.1) is 48.1 Å².